The molecule has 0 saturated carbocycles. The van der Waals surface area contributed by atoms with Gasteiger partial charge in [-0.1, -0.05) is 54.6 Å². The van der Waals surface area contributed by atoms with Gasteiger partial charge in [0.25, 0.3) is 0 Å². The molecule has 0 bridgehead atoms. The van der Waals surface area contributed by atoms with E-state index in [0.717, 1.165) is 23.1 Å². The fourth-order valence-electron chi connectivity index (χ4n) is 4.80. The summed E-state index contributed by atoms with van der Waals surface area (Å²) in [5, 5.41) is 10.4. The summed E-state index contributed by atoms with van der Waals surface area (Å²) in [5.41, 5.74) is 16.1. The molecule has 1 aliphatic heterocycles. The topological polar surface area (TPSA) is 138 Å². The van der Waals surface area contributed by atoms with Crippen LogP contribution in [0, 0.1) is 5.41 Å². The molecule has 0 spiro atoms. The van der Waals surface area contributed by atoms with Crippen molar-refractivity contribution in [2.45, 2.75) is 44.3 Å². The van der Waals surface area contributed by atoms with Gasteiger partial charge in [0.05, 0.1) is 12.1 Å². The number of amidine groups is 1. The first-order valence-electron chi connectivity index (χ1n) is 12.1. The molecule has 8 nitrogen and oxygen atoms in total. The summed E-state index contributed by atoms with van der Waals surface area (Å²) in [6.07, 6.45) is 5.00. The van der Waals surface area contributed by atoms with Crippen molar-refractivity contribution in [2.24, 2.45) is 11.5 Å². The molecule has 1 aliphatic rings. The maximum atomic E-state index is 12.9. The van der Waals surface area contributed by atoms with Gasteiger partial charge in [-0.2, -0.15) is 0 Å². The fourth-order valence-corrected chi connectivity index (χ4v) is 4.80. The number of nitrogens with two attached hydrogens (primary N) is 2. The van der Waals surface area contributed by atoms with Crippen molar-refractivity contribution in [2.75, 3.05) is 6.54 Å². The van der Waals surface area contributed by atoms with Gasteiger partial charge in [-0.15, -0.1) is 0 Å². The molecule has 186 valence electrons. The molecule has 2 unspecified atom stereocenters. The third-order valence-corrected chi connectivity index (χ3v) is 6.96. The summed E-state index contributed by atoms with van der Waals surface area (Å²) in [6, 6.07) is 18.5. The lowest BCUT2D eigenvalue weighted by atomic mass is 9.84. The number of hydrogen-bond acceptors (Lipinski definition) is 5. The quantitative estimate of drug-likeness (QED) is 0.288. The standard InChI is InChI=1S/C28H32N6O2/c1-18(28(36)33-16-19-4-6-22(7-5-19)26(29)30)34-14-12-23(15-25(34)27(31)35)20-8-10-21(11-9-20)24-3-2-13-32-17-24/h2-11,13,17-18,23,25H,12,14-16H2,1H3,(H3,29,30)(H2,31,35)(H,33,36)/t18-,23?,25?/m0/s1. The van der Waals surface area contributed by atoms with E-state index in [0.29, 0.717) is 25.1 Å². The first kappa shape index (κ1) is 25.1. The van der Waals surface area contributed by atoms with Gasteiger partial charge in [-0.3, -0.25) is 24.9 Å². The molecule has 0 aliphatic carbocycles. The predicted molar refractivity (Wildman–Crippen MR) is 140 cm³/mol. The number of piperidine rings is 1. The Kier molecular flexibility index (Phi) is 7.75. The third-order valence-electron chi connectivity index (χ3n) is 6.96. The molecule has 1 saturated heterocycles. The van der Waals surface area contributed by atoms with Gasteiger partial charge in [-0.05, 0) is 54.0 Å². The fraction of sp³-hybridized carbons (Fsp3) is 0.286. The molecular weight excluding hydrogens is 452 g/mol. The molecule has 1 fully saturated rings. The van der Waals surface area contributed by atoms with Crippen molar-refractivity contribution in [1.29, 1.82) is 5.41 Å². The summed E-state index contributed by atoms with van der Waals surface area (Å²) in [4.78, 5) is 31.4. The van der Waals surface area contributed by atoms with E-state index in [9.17, 15) is 9.59 Å². The second kappa shape index (κ2) is 11.1. The molecule has 2 amide bonds. The van der Waals surface area contributed by atoms with Crippen molar-refractivity contribution in [3.8, 4) is 11.1 Å². The number of amides is 2. The van der Waals surface area contributed by atoms with Crippen molar-refractivity contribution >= 4 is 17.6 Å². The zero-order chi connectivity index (χ0) is 25.7. The summed E-state index contributed by atoms with van der Waals surface area (Å²) in [7, 11) is 0. The lowest BCUT2D eigenvalue weighted by molar-refractivity contribution is -0.132. The monoisotopic (exact) mass is 484 g/mol. The van der Waals surface area contributed by atoms with Gasteiger partial charge in [-0.25, -0.2) is 0 Å². The van der Waals surface area contributed by atoms with Crippen LogP contribution in [-0.2, 0) is 16.1 Å². The molecule has 1 aromatic heterocycles. The molecule has 2 heterocycles. The first-order chi connectivity index (χ1) is 17.3. The van der Waals surface area contributed by atoms with Crippen molar-refractivity contribution in [3.63, 3.8) is 0 Å². The van der Waals surface area contributed by atoms with E-state index in [1.807, 2.05) is 42.3 Å². The molecule has 36 heavy (non-hydrogen) atoms. The molecular formula is C28H32N6O2. The number of nitrogens with zero attached hydrogens (tertiary/aromatic N) is 2. The third kappa shape index (κ3) is 5.78. The molecule has 6 N–H and O–H groups in total. The van der Waals surface area contributed by atoms with E-state index < -0.39 is 18.0 Å². The number of nitrogens with one attached hydrogen (secondary N) is 2. The summed E-state index contributed by atoms with van der Waals surface area (Å²) < 4.78 is 0. The van der Waals surface area contributed by atoms with Crippen LogP contribution in [0.15, 0.2) is 73.1 Å². The van der Waals surface area contributed by atoms with Crippen LogP contribution in [0.2, 0.25) is 0 Å². The van der Waals surface area contributed by atoms with E-state index in [1.165, 1.54) is 5.56 Å². The number of likely N-dealkylation sites (tertiary alicyclic amines) is 1. The summed E-state index contributed by atoms with van der Waals surface area (Å²) >= 11 is 0. The number of nitrogen functional groups attached to an aromatic ring is 1. The number of pyridine rings is 1. The van der Waals surface area contributed by atoms with Crippen LogP contribution in [0.4, 0.5) is 0 Å². The SMILES string of the molecule is C[C@@H](C(=O)NCc1ccc(C(=N)N)cc1)N1CCC(c2ccc(-c3cccnc3)cc2)CC1C(N)=O. The Labute approximate surface area is 211 Å². The van der Waals surface area contributed by atoms with E-state index in [2.05, 4.69) is 34.6 Å². The summed E-state index contributed by atoms with van der Waals surface area (Å²) in [6.45, 7) is 2.76. The number of primary amides is 1. The minimum atomic E-state index is -0.516. The van der Waals surface area contributed by atoms with Gasteiger partial charge in [0.15, 0.2) is 0 Å². The van der Waals surface area contributed by atoms with Gasteiger partial charge >= 0.3 is 0 Å². The highest BCUT2D eigenvalue weighted by molar-refractivity contribution is 5.94. The van der Waals surface area contributed by atoms with Crippen molar-refractivity contribution < 1.29 is 9.59 Å². The largest absolute Gasteiger partial charge is 0.384 e. The minimum absolute atomic E-state index is 0.00421. The van der Waals surface area contributed by atoms with Crippen LogP contribution in [0.25, 0.3) is 11.1 Å². The Bertz CT molecular complexity index is 1210. The predicted octanol–water partition coefficient (Wildman–Crippen LogP) is 2.77. The number of carbonyl (C=O) groups excluding carboxylic acids is 2. The van der Waals surface area contributed by atoms with Crippen molar-refractivity contribution in [1.82, 2.24) is 15.2 Å². The second-order valence-corrected chi connectivity index (χ2v) is 9.25. The highest BCUT2D eigenvalue weighted by Gasteiger charge is 2.37. The normalized spacial score (nSPS) is 18.8. The van der Waals surface area contributed by atoms with Gasteiger partial charge in [0, 0.05) is 31.0 Å². The Morgan fingerprint density at radius 3 is 2.42 bits per heavy atom. The Morgan fingerprint density at radius 2 is 1.81 bits per heavy atom. The number of hydrogen-bond donors (Lipinski definition) is 4. The van der Waals surface area contributed by atoms with E-state index in [4.69, 9.17) is 16.9 Å². The second-order valence-electron chi connectivity index (χ2n) is 9.25. The zero-order valence-corrected chi connectivity index (χ0v) is 20.4. The zero-order valence-electron chi connectivity index (χ0n) is 20.4. The van der Waals surface area contributed by atoms with Gasteiger partial charge < -0.3 is 16.8 Å². The highest BCUT2D eigenvalue weighted by atomic mass is 16.2. The van der Waals surface area contributed by atoms with E-state index in [1.54, 1.807) is 18.3 Å². The van der Waals surface area contributed by atoms with Gasteiger partial charge in [0.1, 0.15) is 5.84 Å². The Morgan fingerprint density at radius 1 is 1.08 bits per heavy atom. The maximum absolute atomic E-state index is 12.9. The van der Waals surface area contributed by atoms with Crippen LogP contribution in [0.3, 0.4) is 0 Å². The lowest BCUT2D eigenvalue weighted by Gasteiger charge is -2.40. The minimum Gasteiger partial charge on any atom is -0.384 e. The molecule has 3 aromatic rings. The Balaban J connectivity index is 1.38. The lowest BCUT2D eigenvalue weighted by Crippen LogP contribution is -2.56. The average molecular weight is 485 g/mol. The van der Waals surface area contributed by atoms with Crippen LogP contribution in [0.5, 0.6) is 0 Å². The maximum Gasteiger partial charge on any atom is 0.237 e. The summed E-state index contributed by atoms with van der Waals surface area (Å²) in [5.74, 6) is -0.372. The number of carbonyl (C=O) groups is 2. The van der Waals surface area contributed by atoms with E-state index in [-0.39, 0.29) is 17.7 Å². The Hall–Kier alpha value is -4.04. The van der Waals surface area contributed by atoms with E-state index >= 15 is 0 Å². The van der Waals surface area contributed by atoms with Crippen LogP contribution in [0.1, 0.15) is 42.4 Å². The molecule has 3 atom stereocenters. The molecule has 0 radical (unpaired) electrons. The number of aromatic nitrogens is 1. The molecule has 2 aromatic carbocycles. The van der Waals surface area contributed by atoms with Crippen LogP contribution < -0.4 is 16.8 Å². The van der Waals surface area contributed by atoms with Crippen LogP contribution >= 0.6 is 0 Å². The molecule has 4 rings (SSSR count). The smallest absolute Gasteiger partial charge is 0.237 e. The van der Waals surface area contributed by atoms with Crippen LogP contribution in [-0.4, -0.2) is 46.2 Å². The number of rotatable bonds is 8. The first-order valence-corrected chi connectivity index (χ1v) is 12.1. The number of benzene rings is 2. The van der Waals surface area contributed by atoms with Gasteiger partial charge in [0.2, 0.25) is 11.8 Å². The van der Waals surface area contributed by atoms with Crippen molar-refractivity contribution in [3.05, 3.63) is 89.7 Å². The average Bonchev–Trinajstić information content (AvgIpc) is 2.91. The highest BCUT2D eigenvalue weighted by Crippen LogP contribution is 2.33. The molecule has 8 heteroatoms.